The predicted octanol–water partition coefficient (Wildman–Crippen LogP) is 1.23. The van der Waals surface area contributed by atoms with E-state index in [1.54, 1.807) is 0 Å². The van der Waals surface area contributed by atoms with E-state index in [-0.39, 0.29) is 16.0 Å². The second kappa shape index (κ2) is 5.20. The molecular weight excluding hydrogens is 318 g/mol. The van der Waals surface area contributed by atoms with Crippen molar-refractivity contribution in [3.63, 3.8) is 0 Å². The molecule has 2 fully saturated rings. The molecule has 0 saturated carbocycles. The van der Waals surface area contributed by atoms with Crippen LogP contribution in [0.3, 0.4) is 0 Å². The molecule has 0 spiro atoms. The fraction of sp³-hybridized carbons (Fsp3) is 0.500. The van der Waals surface area contributed by atoms with Crippen LogP contribution in [0.5, 0.6) is 0 Å². The molecule has 21 heavy (non-hydrogen) atoms. The zero-order valence-electron chi connectivity index (χ0n) is 11.0. The summed E-state index contributed by atoms with van der Waals surface area (Å²) in [5.41, 5.74) is -0.391. The molecular formula is C12H14ClN3O4S. The van der Waals surface area contributed by atoms with E-state index >= 15 is 0 Å². The molecule has 1 aromatic rings. The maximum Gasteiger partial charge on any atom is 0.289 e. The topological polar surface area (TPSA) is 92.5 Å². The number of benzene rings is 1. The van der Waals surface area contributed by atoms with Gasteiger partial charge in [-0.15, -0.1) is 0 Å². The Kier molecular flexibility index (Phi) is 3.64. The number of hydrogen-bond donors (Lipinski definition) is 1. The highest BCUT2D eigenvalue weighted by Crippen LogP contribution is 2.34. The van der Waals surface area contributed by atoms with Crippen LogP contribution in [0.2, 0.25) is 5.02 Å². The van der Waals surface area contributed by atoms with Gasteiger partial charge in [-0.2, -0.15) is 4.31 Å². The largest absolute Gasteiger partial charge is 0.315 e. The zero-order chi connectivity index (χ0) is 15.2. The molecule has 7 nitrogen and oxygen atoms in total. The highest BCUT2D eigenvalue weighted by molar-refractivity contribution is 7.89. The molecule has 2 heterocycles. The van der Waals surface area contributed by atoms with Crippen molar-refractivity contribution in [2.75, 3.05) is 19.6 Å². The van der Waals surface area contributed by atoms with Gasteiger partial charge in [0.2, 0.25) is 10.0 Å². The summed E-state index contributed by atoms with van der Waals surface area (Å²) < 4.78 is 26.8. The van der Waals surface area contributed by atoms with E-state index in [9.17, 15) is 18.5 Å². The highest BCUT2D eigenvalue weighted by Gasteiger charge is 2.44. The van der Waals surface area contributed by atoms with Crippen molar-refractivity contribution in [1.29, 1.82) is 0 Å². The van der Waals surface area contributed by atoms with Gasteiger partial charge in [-0.05, 0) is 31.0 Å². The Morgan fingerprint density at radius 1 is 1.38 bits per heavy atom. The number of nitro benzene ring substituents is 1. The van der Waals surface area contributed by atoms with Crippen molar-refractivity contribution in [2.24, 2.45) is 5.92 Å². The first-order valence-electron chi connectivity index (χ1n) is 6.58. The SMILES string of the molecule is O=[N+]([O-])c1cc(S(=O)(=O)N2CC[C@H]3CNC[C@H]32)ccc1Cl. The van der Waals surface area contributed by atoms with Gasteiger partial charge in [-0.1, -0.05) is 11.6 Å². The summed E-state index contributed by atoms with van der Waals surface area (Å²) in [6.07, 6.45) is 0.812. The number of nitrogens with one attached hydrogen (secondary N) is 1. The maximum atomic E-state index is 12.7. The van der Waals surface area contributed by atoms with Gasteiger partial charge in [0.05, 0.1) is 9.82 Å². The second-order valence-electron chi connectivity index (χ2n) is 5.26. The van der Waals surface area contributed by atoms with Crippen LogP contribution in [0.4, 0.5) is 5.69 Å². The number of nitro groups is 1. The normalized spacial score (nSPS) is 26.0. The molecule has 0 aliphatic carbocycles. The van der Waals surface area contributed by atoms with Crippen molar-refractivity contribution in [3.05, 3.63) is 33.3 Å². The van der Waals surface area contributed by atoms with Crippen LogP contribution in [0.25, 0.3) is 0 Å². The third-order valence-corrected chi connectivity index (χ3v) is 6.36. The number of nitrogens with zero attached hydrogens (tertiary/aromatic N) is 2. The lowest BCUT2D eigenvalue weighted by atomic mass is 10.1. The number of sulfonamides is 1. The molecule has 114 valence electrons. The average Bonchev–Trinajstić information content (AvgIpc) is 3.00. The molecule has 9 heteroatoms. The Labute approximate surface area is 127 Å². The Balaban J connectivity index is 1.99. The summed E-state index contributed by atoms with van der Waals surface area (Å²) in [4.78, 5) is 10.2. The van der Waals surface area contributed by atoms with Gasteiger partial charge in [0.25, 0.3) is 5.69 Å². The van der Waals surface area contributed by atoms with E-state index in [0.717, 1.165) is 19.0 Å². The summed E-state index contributed by atoms with van der Waals surface area (Å²) >= 11 is 5.73. The molecule has 2 saturated heterocycles. The van der Waals surface area contributed by atoms with Crippen LogP contribution in [0.1, 0.15) is 6.42 Å². The molecule has 2 atom stereocenters. The Hall–Kier alpha value is -1.22. The van der Waals surface area contributed by atoms with Gasteiger partial charge in [-0.3, -0.25) is 10.1 Å². The Morgan fingerprint density at radius 3 is 2.86 bits per heavy atom. The lowest BCUT2D eigenvalue weighted by Crippen LogP contribution is -2.39. The van der Waals surface area contributed by atoms with E-state index in [1.165, 1.54) is 16.4 Å². The minimum atomic E-state index is -3.74. The fourth-order valence-corrected chi connectivity index (χ4v) is 4.94. The summed E-state index contributed by atoms with van der Waals surface area (Å²) in [5.74, 6) is 0.321. The third kappa shape index (κ3) is 2.42. The van der Waals surface area contributed by atoms with Crippen LogP contribution < -0.4 is 5.32 Å². The summed E-state index contributed by atoms with van der Waals surface area (Å²) in [7, 11) is -3.74. The van der Waals surface area contributed by atoms with Crippen LogP contribution >= 0.6 is 11.6 Å². The lowest BCUT2D eigenvalue weighted by Gasteiger charge is -2.22. The summed E-state index contributed by atoms with van der Waals surface area (Å²) in [5, 5.41) is 14.0. The number of hydrogen-bond acceptors (Lipinski definition) is 5. The molecule has 2 aliphatic rings. The Bertz CT molecular complexity index is 694. The first-order valence-corrected chi connectivity index (χ1v) is 8.39. The molecule has 0 aromatic heterocycles. The molecule has 3 rings (SSSR count). The van der Waals surface area contributed by atoms with E-state index in [2.05, 4.69) is 5.32 Å². The van der Waals surface area contributed by atoms with Gasteiger partial charge >= 0.3 is 0 Å². The molecule has 1 N–H and O–H groups in total. The molecule has 2 aliphatic heterocycles. The van der Waals surface area contributed by atoms with E-state index in [0.29, 0.717) is 19.0 Å². The lowest BCUT2D eigenvalue weighted by molar-refractivity contribution is -0.384. The van der Waals surface area contributed by atoms with E-state index in [4.69, 9.17) is 11.6 Å². The summed E-state index contributed by atoms with van der Waals surface area (Å²) in [6.45, 7) is 1.90. The van der Waals surface area contributed by atoms with Crippen LogP contribution in [-0.4, -0.2) is 43.3 Å². The van der Waals surface area contributed by atoms with Gasteiger partial charge in [0.15, 0.2) is 0 Å². The quantitative estimate of drug-likeness (QED) is 0.664. The Morgan fingerprint density at radius 2 is 2.14 bits per heavy atom. The van der Waals surface area contributed by atoms with Crippen molar-refractivity contribution in [1.82, 2.24) is 9.62 Å². The van der Waals surface area contributed by atoms with Crippen molar-refractivity contribution < 1.29 is 13.3 Å². The number of fused-ring (bicyclic) bond motifs is 1. The van der Waals surface area contributed by atoms with Crippen LogP contribution in [0.15, 0.2) is 23.1 Å². The first-order chi connectivity index (χ1) is 9.91. The molecule has 0 bridgehead atoms. The predicted molar refractivity (Wildman–Crippen MR) is 76.8 cm³/mol. The van der Waals surface area contributed by atoms with Crippen molar-refractivity contribution in [2.45, 2.75) is 17.4 Å². The monoisotopic (exact) mass is 331 g/mol. The van der Waals surface area contributed by atoms with Crippen molar-refractivity contribution >= 4 is 27.3 Å². The molecule has 0 unspecified atom stereocenters. The van der Waals surface area contributed by atoms with Crippen LogP contribution in [0, 0.1) is 16.0 Å². The zero-order valence-corrected chi connectivity index (χ0v) is 12.6. The van der Waals surface area contributed by atoms with E-state index in [1.807, 2.05) is 0 Å². The van der Waals surface area contributed by atoms with Gasteiger partial charge in [0, 0.05) is 25.2 Å². The fourth-order valence-electron chi connectivity index (χ4n) is 3.04. The van der Waals surface area contributed by atoms with Gasteiger partial charge in [0.1, 0.15) is 5.02 Å². The van der Waals surface area contributed by atoms with Gasteiger partial charge < -0.3 is 5.32 Å². The number of halogens is 1. The highest BCUT2D eigenvalue weighted by atomic mass is 35.5. The second-order valence-corrected chi connectivity index (χ2v) is 7.56. The van der Waals surface area contributed by atoms with Crippen molar-refractivity contribution in [3.8, 4) is 0 Å². The standard InChI is InChI=1S/C12H14ClN3O4S/c13-10-2-1-9(5-11(10)16(17)18)21(19,20)15-4-3-8-6-14-7-12(8)15/h1-2,5,8,12,14H,3-4,6-7H2/t8-,12+/m0/s1. The van der Waals surface area contributed by atoms with Crippen LogP contribution in [-0.2, 0) is 10.0 Å². The first kappa shape index (κ1) is 14.7. The molecule has 0 radical (unpaired) electrons. The number of rotatable bonds is 3. The molecule has 0 amide bonds. The minimum Gasteiger partial charge on any atom is -0.315 e. The minimum absolute atomic E-state index is 0.0651. The molecule has 1 aromatic carbocycles. The maximum absolute atomic E-state index is 12.7. The van der Waals surface area contributed by atoms with Gasteiger partial charge in [-0.25, -0.2) is 8.42 Å². The average molecular weight is 332 g/mol. The third-order valence-electron chi connectivity index (χ3n) is 4.12. The smallest absolute Gasteiger partial charge is 0.289 e. The van der Waals surface area contributed by atoms with E-state index < -0.39 is 20.6 Å². The summed E-state index contributed by atoms with van der Waals surface area (Å²) in [6, 6.07) is 3.55.